The number of ether oxygens (including phenoxy) is 1. The first-order chi connectivity index (χ1) is 14.3. The van der Waals surface area contributed by atoms with E-state index in [0.29, 0.717) is 25.7 Å². The minimum Gasteiger partial charge on any atom is -0.481 e. The largest absolute Gasteiger partial charge is 0.481 e. The summed E-state index contributed by atoms with van der Waals surface area (Å²) in [6.07, 6.45) is 4.98. The zero-order chi connectivity index (χ0) is 22.3. The van der Waals surface area contributed by atoms with Crippen molar-refractivity contribution in [3.05, 3.63) is 0 Å². The molecule has 0 heterocycles. The summed E-state index contributed by atoms with van der Waals surface area (Å²) >= 11 is 0. The Morgan fingerprint density at radius 3 is 2.40 bits per heavy atom. The van der Waals surface area contributed by atoms with E-state index in [-0.39, 0.29) is 35.6 Å². The fourth-order valence-electron chi connectivity index (χ4n) is 4.97. The van der Waals surface area contributed by atoms with Gasteiger partial charge in [-0.05, 0) is 64.2 Å². The molecule has 169 valence electrons. The average molecular weight is 423 g/mol. The van der Waals surface area contributed by atoms with E-state index in [1.807, 2.05) is 13.7 Å². The molecule has 1 amide bonds. The highest BCUT2D eigenvalue weighted by Gasteiger charge is 2.36. The summed E-state index contributed by atoms with van der Waals surface area (Å²) in [5.41, 5.74) is 0.229. The number of hydrogen-bond donors (Lipinski definition) is 3. The van der Waals surface area contributed by atoms with Gasteiger partial charge in [-0.1, -0.05) is 13.7 Å². The van der Waals surface area contributed by atoms with Crippen LogP contribution in [0.2, 0.25) is 6.82 Å². The lowest BCUT2D eigenvalue weighted by Gasteiger charge is -2.35. The Kier molecular flexibility index (Phi) is 9.78. The molecule has 5 unspecified atom stereocenters. The van der Waals surface area contributed by atoms with Crippen LogP contribution in [-0.4, -0.2) is 54.3 Å². The number of rotatable bonds is 10. The van der Waals surface area contributed by atoms with Gasteiger partial charge in [0.1, 0.15) is 13.5 Å². The molecule has 0 aliphatic heterocycles. The van der Waals surface area contributed by atoms with Crippen LogP contribution in [0.15, 0.2) is 0 Å². The number of carbonyl (C=O) groups is 2. The number of carboxylic acid groups (broad SMARTS) is 1. The van der Waals surface area contributed by atoms with E-state index in [4.69, 9.17) is 10.1 Å². The maximum Gasteiger partial charge on any atom is 0.306 e. The molecule has 2 aliphatic carbocycles. The third kappa shape index (κ3) is 6.79. The summed E-state index contributed by atoms with van der Waals surface area (Å²) in [6, 6.07) is -0.602. The highest BCUT2D eigenvalue weighted by Crippen LogP contribution is 2.32. The van der Waals surface area contributed by atoms with Crippen molar-refractivity contribution in [2.24, 2.45) is 17.8 Å². The Bertz CT molecular complexity index is 598. The predicted molar refractivity (Wildman–Crippen MR) is 116 cm³/mol. The van der Waals surface area contributed by atoms with Crippen LogP contribution in [-0.2, 0) is 14.3 Å². The number of hydrogen-bond acceptors (Lipinski definition) is 4. The second-order valence-electron chi connectivity index (χ2n) is 8.95. The maximum absolute atomic E-state index is 13.8. The number of nitrogens with one attached hydrogen (secondary N) is 2. The molecule has 0 spiro atoms. The standard InChI is InChI=1S/C22H37BFN2O4/c1-4-18(14-8-10-15(11-9-14)22(28)29)26-21(27)19(13(2)25)20(23-3)30-17-7-5-6-16(24)12-17/h14-20,25H,4-12H2,1-3H3,(H,26,27)(H,28,29). The monoisotopic (exact) mass is 423 g/mol. The second kappa shape index (κ2) is 11.8. The Balaban J connectivity index is 2.00. The molecule has 5 atom stereocenters. The average Bonchev–Trinajstić information content (AvgIpc) is 2.71. The van der Waals surface area contributed by atoms with E-state index >= 15 is 0 Å². The summed E-state index contributed by atoms with van der Waals surface area (Å²) in [7, 11) is 1.79. The molecule has 1 radical (unpaired) electrons. The SMILES string of the molecule is C[B]C(OC1CCCC(F)C1)C(C(C)=N)C(=O)NC(CC)C1CCC(C(=O)O)CC1. The summed E-state index contributed by atoms with van der Waals surface area (Å²) < 4.78 is 19.9. The summed E-state index contributed by atoms with van der Waals surface area (Å²) in [6.45, 7) is 5.44. The summed E-state index contributed by atoms with van der Waals surface area (Å²) in [5.74, 6) is -1.74. The fourth-order valence-corrected chi connectivity index (χ4v) is 4.97. The lowest BCUT2D eigenvalue weighted by molar-refractivity contribution is -0.143. The van der Waals surface area contributed by atoms with Gasteiger partial charge in [-0.2, -0.15) is 0 Å². The molecule has 8 heteroatoms. The predicted octanol–water partition coefficient (Wildman–Crippen LogP) is 3.80. The number of aliphatic carboxylic acids is 1. The molecule has 0 aromatic carbocycles. The van der Waals surface area contributed by atoms with Gasteiger partial charge < -0.3 is 20.6 Å². The molecule has 0 aromatic heterocycles. The van der Waals surface area contributed by atoms with Crippen molar-refractivity contribution >= 4 is 24.9 Å². The smallest absolute Gasteiger partial charge is 0.306 e. The molecule has 0 bridgehead atoms. The van der Waals surface area contributed by atoms with Crippen LogP contribution >= 0.6 is 0 Å². The van der Waals surface area contributed by atoms with E-state index in [9.17, 15) is 19.1 Å². The zero-order valence-corrected chi connectivity index (χ0v) is 18.5. The van der Waals surface area contributed by atoms with Gasteiger partial charge in [-0.3, -0.25) is 9.59 Å². The van der Waals surface area contributed by atoms with Crippen LogP contribution < -0.4 is 5.32 Å². The van der Waals surface area contributed by atoms with E-state index in [0.717, 1.165) is 32.1 Å². The lowest BCUT2D eigenvalue weighted by Crippen LogP contribution is -2.51. The molecule has 2 fully saturated rings. The van der Waals surface area contributed by atoms with Gasteiger partial charge in [-0.15, -0.1) is 0 Å². The van der Waals surface area contributed by atoms with Gasteiger partial charge in [0.2, 0.25) is 5.91 Å². The normalized spacial score (nSPS) is 30.0. The Hall–Kier alpha value is -1.44. The van der Waals surface area contributed by atoms with Crippen LogP contribution in [0.25, 0.3) is 0 Å². The second-order valence-corrected chi connectivity index (χ2v) is 8.95. The van der Waals surface area contributed by atoms with Gasteiger partial charge in [0, 0.05) is 24.2 Å². The minimum absolute atomic E-state index is 0.0449. The van der Waals surface area contributed by atoms with Gasteiger partial charge in [0.15, 0.2) is 0 Å². The summed E-state index contributed by atoms with van der Waals surface area (Å²) in [4.78, 5) is 24.4. The first kappa shape index (κ1) is 24.8. The van der Waals surface area contributed by atoms with Crippen molar-refractivity contribution in [2.45, 2.75) is 103 Å². The number of carbonyl (C=O) groups excluding carboxylic acids is 1. The van der Waals surface area contributed by atoms with Gasteiger partial charge in [0.05, 0.1) is 17.9 Å². The van der Waals surface area contributed by atoms with Crippen LogP contribution in [0.3, 0.4) is 0 Å². The lowest BCUT2D eigenvalue weighted by atomic mass is 9.66. The highest BCUT2D eigenvalue weighted by molar-refractivity contribution is 6.37. The molecule has 2 rings (SSSR count). The van der Waals surface area contributed by atoms with E-state index in [1.165, 1.54) is 0 Å². The quantitative estimate of drug-likeness (QED) is 0.368. The highest BCUT2D eigenvalue weighted by atomic mass is 19.1. The van der Waals surface area contributed by atoms with Crippen molar-refractivity contribution in [2.75, 3.05) is 0 Å². The van der Waals surface area contributed by atoms with Crippen molar-refractivity contribution in [3.63, 3.8) is 0 Å². The van der Waals surface area contributed by atoms with Crippen LogP contribution in [0.1, 0.15) is 71.6 Å². The number of amides is 1. The third-order valence-electron chi connectivity index (χ3n) is 6.78. The molecule has 0 aromatic rings. The molecular formula is C22H37BFN2O4. The molecule has 3 N–H and O–H groups in total. The van der Waals surface area contributed by atoms with Crippen molar-refractivity contribution in [1.29, 1.82) is 5.41 Å². The molecule has 0 saturated heterocycles. The maximum atomic E-state index is 13.8. The topological polar surface area (TPSA) is 99.5 Å². The van der Waals surface area contributed by atoms with E-state index in [1.54, 1.807) is 14.2 Å². The van der Waals surface area contributed by atoms with E-state index in [2.05, 4.69) is 5.32 Å². The van der Waals surface area contributed by atoms with Crippen LogP contribution in [0, 0.1) is 23.2 Å². The fraction of sp³-hybridized carbons (Fsp3) is 0.864. The van der Waals surface area contributed by atoms with Crippen LogP contribution in [0.5, 0.6) is 0 Å². The van der Waals surface area contributed by atoms with Gasteiger partial charge in [0.25, 0.3) is 0 Å². The first-order valence-corrected chi connectivity index (χ1v) is 11.4. The minimum atomic E-state index is -0.861. The van der Waals surface area contributed by atoms with Crippen LogP contribution in [0.4, 0.5) is 4.39 Å². The van der Waals surface area contributed by atoms with E-state index < -0.39 is 24.1 Å². The first-order valence-electron chi connectivity index (χ1n) is 11.4. The number of carboxylic acids is 1. The van der Waals surface area contributed by atoms with Crippen molar-refractivity contribution in [1.82, 2.24) is 5.32 Å². The Morgan fingerprint density at radius 1 is 1.23 bits per heavy atom. The molecule has 2 saturated carbocycles. The molecule has 30 heavy (non-hydrogen) atoms. The zero-order valence-electron chi connectivity index (χ0n) is 18.5. The number of alkyl halides is 1. The van der Waals surface area contributed by atoms with Crippen molar-refractivity contribution in [3.8, 4) is 0 Å². The van der Waals surface area contributed by atoms with Gasteiger partial charge >= 0.3 is 5.97 Å². The van der Waals surface area contributed by atoms with Crippen molar-refractivity contribution < 1.29 is 23.8 Å². The Morgan fingerprint density at radius 2 is 1.90 bits per heavy atom. The Labute approximate surface area is 180 Å². The third-order valence-corrected chi connectivity index (χ3v) is 6.78. The molecule has 2 aliphatic rings. The molecule has 6 nitrogen and oxygen atoms in total. The van der Waals surface area contributed by atoms with Gasteiger partial charge in [-0.25, -0.2) is 4.39 Å². The molecular weight excluding hydrogens is 386 g/mol. The summed E-state index contributed by atoms with van der Waals surface area (Å²) in [5, 5.41) is 20.5. The number of halogens is 1.